The number of aliphatic hydroxyl groups excluding tert-OH is 1. The van der Waals surface area contributed by atoms with Gasteiger partial charge < -0.3 is 14.6 Å². The van der Waals surface area contributed by atoms with Crippen molar-refractivity contribution in [3.63, 3.8) is 0 Å². The van der Waals surface area contributed by atoms with Crippen LogP contribution in [0.5, 0.6) is 11.5 Å². The highest BCUT2D eigenvalue weighted by molar-refractivity contribution is 5.52. The number of alkyl halides is 1. The van der Waals surface area contributed by atoms with Crippen LogP contribution in [0.4, 0.5) is 4.39 Å². The lowest BCUT2D eigenvalue weighted by atomic mass is 9.93. The molecule has 0 bridgehead atoms. The number of rotatable bonds is 5. The molecule has 3 aromatic rings. The number of para-hydroxylation sites is 2. The second-order valence-corrected chi connectivity index (χ2v) is 8.69. The maximum absolute atomic E-state index is 15.1. The zero-order chi connectivity index (χ0) is 24.0. The molecule has 1 saturated heterocycles. The van der Waals surface area contributed by atoms with E-state index in [0.717, 1.165) is 27.2 Å². The van der Waals surface area contributed by atoms with Crippen molar-refractivity contribution in [3.8, 4) is 11.5 Å². The Morgan fingerprint density at radius 1 is 1.09 bits per heavy atom. The molecule has 34 heavy (non-hydrogen) atoms. The minimum Gasteiger partial charge on any atom is -0.457 e. The Morgan fingerprint density at radius 3 is 2.32 bits per heavy atom. The van der Waals surface area contributed by atoms with Crippen molar-refractivity contribution in [2.75, 3.05) is 13.6 Å². The number of nitrogens with one attached hydrogen (secondary N) is 1. The number of aryl methyl sites for hydroxylation is 1. The van der Waals surface area contributed by atoms with Gasteiger partial charge in [0.25, 0.3) is 5.56 Å². The molecule has 0 radical (unpaired) electrons. The van der Waals surface area contributed by atoms with Crippen LogP contribution in [0.15, 0.2) is 64.3 Å². The number of ether oxygens (including phenoxy) is 2. The molecule has 8 nitrogen and oxygen atoms in total. The van der Waals surface area contributed by atoms with E-state index in [1.54, 1.807) is 6.92 Å². The Balaban J connectivity index is 1.43. The lowest BCUT2D eigenvalue weighted by molar-refractivity contribution is -0.0409. The first-order chi connectivity index (χ1) is 16.4. The zero-order valence-electron chi connectivity index (χ0n) is 18.8. The molecule has 0 saturated carbocycles. The number of fused-ring (bicyclic) bond motifs is 2. The number of halogens is 1. The molecule has 2 aliphatic heterocycles. The van der Waals surface area contributed by atoms with Crippen LogP contribution in [0, 0.1) is 0 Å². The van der Waals surface area contributed by atoms with Gasteiger partial charge >= 0.3 is 5.69 Å². The van der Waals surface area contributed by atoms with Gasteiger partial charge in [0.15, 0.2) is 12.4 Å². The van der Waals surface area contributed by atoms with Gasteiger partial charge in [0.05, 0.1) is 6.04 Å². The van der Waals surface area contributed by atoms with E-state index in [9.17, 15) is 14.7 Å². The first-order valence-electron chi connectivity index (χ1n) is 11.3. The van der Waals surface area contributed by atoms with E-state index in [2.05, 4.69) is 4.98 Å². The van der Waals surface area contributed by atoms with Gasteiger partial charge in [-0.2, -0.15) is 0 Å². The summed E-state index contributed by atoms with van der Waals surface area (Å²) >= 11 is 0. The fraction of sp³-hybridized carbons (Fsp3) is 0.360. The van der Waals surface area contributed by atoms with Crippen molar-refractivity contribution in [2.45, 2.75) is 44.0 Å². The third-order valence-corrected chi connectivity index (χ3v) is 6.55. The molecule has 2 aliphatic rings. The van der Waals surface area contributed by atoms with E-state index in [1.807, 2.05) is 60.5 Å². The van der Waals surface area contributed by atoms with Crippen LogP contribution >= 0.6 is 0 Å². The molecular weight excluding hydrogens is 441 g/mol. The summed E-state index contributed by atoms with van der Waals surface area (Å²) in [6.07, 6.45) is -3.82. The van der Waals surface area contributed by atoms with Gasteiger partial charge in [0.1, 0.15) is 23.7 Å². The maximum atomic E-state index is 15.1. The maximum Gasteiger partial charge on any atom is 0.330 e. The summed E-state index contributed by atoms with van der Waals surface area (Å²) in [5, 5.41) is 10.7. The molecule has 2 aromatic carbocycles. The SMILES string of the molecule is CCc1cn([C@@H]2O[C@H](CN(C)C3c4ccccc4Oc4ccccc43)[C@@H](O)[C@H]2F)c(=O)[nH]c1=O. The summed E-state index contributed by atoms with van der Waals surface area (Å²) in [5.74, 6) is 1.47. The monoisotopic (exact) mass is 467 g/mol. The minimum absolute atomic E-state index is 0.198. The summed E-state index contributed by atoms with van der Waals surface area (Å²) in [6, 6.07) is 15.2. The van der Waals surface area contributed by atoms with Crippen LogP contribution in [-0.4, -0.2) is 51.5 Å². The summed E-state index contributed by atoms with van der Waals surface area (Å²) in [7, 11) is 1.88. The fourth-order valence-corrected chi connectivity index (χ4v) is 4.80. The van der Waals surface area contributed by atoms with Gasteiger partial charge in [-0.3, -0.25) is 19.2 Å². The number of hydrogen-bond donors (Lipinski definition) is 2. The smallest absolute Gasteiger partial charge is 0.330 e. The summed E-state index contributed by atoms with van der Waals surface area (Å²) in [4.78, 5) is 28.4. The van der Waals surface area contributed by atoms with E-state index in [4.69, 9.17) is 9.47 Å². The highest BCUT2D eigenvalue weighted by atomic mass is 19.1. The molecule has 5 rings (SSSR count). The Morgan fingerprint density at radius 2 is 1.71 bits per heavy atom. The quantitative estimate of drug-likeness (QED) is 0.599. The highest BCUT2D eigenvalue weighted by Crippen LogP contribution is 2.45. The second kappa shape index (κ2) is 8.83. The first-order valence-corrected chi connectivity index (χ1v) is 11.3. The molecular formula is C25H26FN3O5. The van der Waals surface area contributed by atoms with Crippen LogP contribution in [0.1, 0.15) is 35.9 Å². The molecule has 0 unspecified atom stereocenters. The number of benzene rings is 2. The largest absolute Gasteiger partial charge is 0.457 e. The van der Waals surface area contributed by atoms with Gasteiger partial charge in [-0.25, -0.2) is 9.18 Å². The number of nitrogens with zero attached hydrogens (tertiary/aromatic N) is 2. The predicted octanol–water partition coefficient (Wildman–Crippen LogP) is 2.52. The fourth-order valence-electron chi connectivity index (χ4n) is 4.80. The van der Waals surface area contributed by atoms with E-state index >= 15 is 4.39 Å². The number of aliphatic hydroxyl groups is 1. The van der Waals surface area contributed by atoms with Crippen molar-refractivity contribution in [1.29, 1.82) is 0 Å². The van der Waals surface area contributed by atoms with Crippen LogP contribution < -0.4 is 16.0 Å². The number of likely N-dealkylation sites (N-methyl/N-ethyl adjacent to an activating group) is 1. The summed E-state index contributed by atoms with van der Waals surface area (Å²) in [5.41, 5.74) is 0.956. The topological polar surface area (TPSA) is 96.8 Å². The van der Waals surface area contributed by atoms with Crippen molar-refractivity contribution in [2.24, 2.45) is 0 Å². The second-order valence-electron chi connectivity index (χ2n) is 8.69. The van der Waals surface area contributed by atoms with E-state index in [0.29, 0.717) is 12.0 Å². The average Bonchev–Trinajstić information content (AvgIpc) is 3.10. The van der Waals surface area contributed by atoms with Gasteiger partial charge in [-0.15, -0.1) is 0 Å². The van der Waals surface area contributed by atoms with Crippen molar-refractivity contribution in [1.82, 2.24) is 14.5 Å². The van der Waals surface area contributed by atoms with Gasteiger partial charge in [-0.05, 0) is 25.6 Å². The van der Waals surface area contributed by atoms with Crippen LogP contribution in [-0.2, 0) is 11.2 Å². The lowest BCUT2D eigenvalue weighted by Gasteiger charge is -2.36. The van der Waals surface area contributed by atoms with Crippen LogP contribution in [0.3, 0.4) is 0 Å². The van der Waals surface area contributed by atoms with Crippen molar-refractivity contribution in [3.05, 3.63) is 92.3 Å². The zero-order valence-corrected chi connectivity index (χ0v) is 18.8. The molecule has 3 heterocycles. The van der Waals surface area contributed by atoms with E-state index in [1.165, 1.54) is 6.20 Å². The Hall–Kier alpha value is -3.27. The lowest BCUT2D eigenvalue weighted by Crippen LogP contribution is -2.40. The molecule has 1 aromatic heterocycles. The first kappa shape index (κ1) is 22.5. The molecule has 178 valence electrons. The predicted molar refractivity (Wildman–Crippen MR) is 123 cm³/mol. The number of aromatic amines is 1. The van der Waals surface area contributed by atoms with Crippen LogP contribution in [0.2, 0.25) is 0 Å². The Kier molecular flexibility index (Phi) is 5.85. The average molecular weight is 467 g/mol. The van der Waals surface area contributed by atoms with Crippen LogP contribution in [0.25, 0.3) is 0 Å². The highest BCUT2D eigenvalue weighted by Gasteiger charge is 2.46. The Labute approximate surface area is 195 Å². The van der Waals surface area contributed by atoms with Crippen molar-refractivity contribution < 1.29 is 19.0 Å². The molecule has 0 spiro atoms. The van der Waals surface area contributed by atoms with E-state index < -0.39 is 35.9 Å². The van der Waals surface area contributed by atoms with Gasteiger partial charge in [0, 0.05) is 29.4 Å². The molecule has 4 atom stereocenters. The van der Waals surface area contributed by atoms with Gasteiger partial charge in [0.2, 0.25) is 0 Å². The number of H-pyrrole nitrogens is 1. The molecule has 0 amide bonds. The number of aromatic nitrogens is 2. The van der Waals surface area contributed by atoms with E-state index in [-0.39, 0.29) is 12.6 Å². The minimum atomic E-state index is -1.83. The third-order valence-electron chi connectivity index (χ3n) is 6.55. The standard InChI is InChI=1S/C25H26FN3O5/c1-3-14-12-29(25(32)27-23(14)31)24-20(26)22(30)19(34-24)13-28(2)21-15-8-4-6-10-17(15)33-18-11-7-5-9-16(18)21/h4-12,19-22,24,30H,3,13H2,1-2H3,(H,27,31,32)/t19-,20-,22-,24-/m1/s1. The van der Waals surface area contributed by atoms with Crippen molar-refractivity contribution >= 4 is 0 Å². The summed E-state index contributed by atoms with van der Waals surface area (Å²) in [6.45, 7) is 1.96. The molecule has 0 aliphatic carbocycles. The normalized spacial score (nSPS) is 24.0. The molecule has 9 heteroatoms. The number of hydrogen-bond acceptors (Lipinski definition) is 6. The summed E-state index contributed by atoms with van der Waals surface area (Å²) < 4.78 is 28.1. The molecule has 2 N–H and O–H groups in total. The molecule has 1 fully saturated rings. The Bertz CT molecular complexity index is 1280. The third kappa shape index (κ3) is 3.75. The van der Waals surface area contributed by atoms with Gasteiger partial charge in [-0.1, -0.05) is 43.3 Å².